The molecular weight excluding hydrogens is 354 g/mol. The Bertz CT molecular complexity index is 1030. The van der Waals surface area contributed by atoms with E-state index in [4.69, 9.17) is 4.74 Å². The highest BCUT2D eigenvalue weighted by molar-refractivity contribution is 5.96. The van der Waals surface area contributed by atoms with Crippen LogP contribution in [0.15, 0.2) is 65.8 Å². The number of benzene rings is 2. The molecule has 1 N–H and O–H groups in total. The number of ether oxygens (including phenoxy) is 1. The maximum Gasteiger partial charge on any atom is 0.337 e. The van der Waals surface area contributed by atoms with E-state index in [0.29, 0.717) is 16.7 Å². The van der Waals surface area contributed by atoms with Crippen molar-refractivity contribution in [3.8, 4) is 5.69 Å². The van der Waals surface area contributed by atoms with Crippen LogP contribution in [-0.2, 0) is 4.74 Å². The molecule has 0 atom stereocenters. The Morgan fingerprint density at radius 3 is 2.36 bits per heavy atom. The summed E-state index contributed by atoms with van der Waals surface area (Å²) in [6.45, 7) is 4.04. The fraction of sp³-hybridized carbons (Fsp3) is 0.136. The lowest BCUT2D eigenvalue weighted by molar-refractivity contribution is 0.0600. The van der Waals surface area contributed by atoms with Crippen molar-refractivity contribution in [2.24, 2.45) is 5.10 Å². The van der Waals surface area contributed by atoms with Crippen LogP contribution in [0.5, 0.6) is 0 Å². The van der Waals surface area contributed by atoms with Crippen molar-refractivity contribution in [1.29, 1.82) is 0 Å². The molecular formula is C22H21N3O3. The SMILES string of the molecule is COC(=O)c1cccc(/C=N/NC(=O)c2cccc(-n3c(C)ccc3C)c2)c1. The number of nitrogens with one attached hydrogen (secondary N) is 1. The molecule has 0 unspecified atom stereocenters. The molecule has 28 heavy (non-hydrogen) atoms. The van der Waals surface area contributed by atoms with Gasteiger partial charge in [-0.15, -0.1) is 0 Å². The summed E-state index contributed by atoms with van der Waals surface area (Å²) in [5.74, 6) is -0.739. The number of carbonyl (C=O) groups excluding carboxylic acids is 2. The molecule has 0 bridgehead atoms. The molecule has 1 amide bonds. The minimum atomic E-state index is -0.424. The monoisotopic (exact) mass is 375 g/mol. The first-order chi connectivity index (χ1) is 13.5. The number of carbonyl (C=O) groups is 2. The van der Waals surface area contributed by atoms with Gasteiger partial charge >= 0.3 is 5.97 Å². The maximum absolute atomic E-state index is 12.4. The highest BCUT2D eigenvalue weighted by atomic mass is 16.5. The summed E-state index contributed by atoms with van der Waals surface area (Å²) in [5, 5.41) is 3.99. The fourth-order valence-electron chi connectivity index (χ4n) is 2.96. The molecule has 0 fully saturated rings. The molecule has 142 valence electrons. The molecule has 2 aromatic carbocycles. The Hall–Kier alpha value is -3.67. The van der Waals surface area contributed by atoms with Crippen molar-refractivity contribution in [3.63, 3.8) is 0 Å². The Balaban J connectivity index is 1.73. The average molecular weight is 375 g/mol. The number of hydrogen-bond acceptors (Lipinski definition) is 4. The number of aromatic nitrogens is 1. The molecule has 1 aromatic heterocycles. The lowest BCUT2D eigenvalue weighted by Crippen LogP contribution is -2.18. The van der Waals surface area contributed by atoms with E-state index in [1.165, 1.54) is 13.3 Å². The van der Waals surface area contributed by atoms with E-state index in [0.717, 1.165) is 17.1 Å². The third-order valence-corrected chi connectivity index (χ3v) is 4.33. The molecule has 0 aliphatic heterocycles. The second kappa shape index (κ2) is 8.35. The van der Waals surface area contributed by atoms with Gasteiger partial charge in [-0.25, -0.2) is 10.2 Å². The van der Waals surface area contributed by atoms with E-state index in [2.05, 4.69) is 15.1 Å². The Morgan fingerprint density at radius 1 is 0.964 bits per heavy atom. The quantitative estimate of drug-likeness (QED) is 0.420. The number of aryl methyl sites for hydroxylation is 2. The van der Waals surface area contributed by atoms with Gasteiger partial charge in [0.05, 0.1) is 18.9 Å². The van der Waals surface area contributed by atoms with Gasteiger partial charge in [-0.3, -0.25) is 4.79 Å². The summed E-state index contributed by atoms with van der Waals surface area (Å²) in [6, 6.07) is 18.2. The van der Waals surface area contributed by atoms with Crippen LogP contribution in [0.2, 0.25) is 0 Å². The van der Waals surface area contributed by atoms with Crippen LogP contribution in [0.1, 0.15) is 37.7 Å². The minimum absolute atomic E-state index is 0.315. The van der Waals surface area contributed by atoms with Crippen LogP contribution in [0.3, 0.4) is 0 Å². The van der Waals surface area contributed by atoms with Gasteiger partial charge in [-0.2, -0.15) is 5.10 Å². The summed E-state index contributed by atoms with van der Waals surface area (Å²) in [4.78, 5) is 24.0. The number of esters is 1. The second-order valence-corrected chi connectivity index (χ2v) is 6.32. The number of hydrogen-bond donors (Lipinski definition) is 1. The number of hydrazone groups is 1. The smallest absolute Gasteiger partial charge is 0.337 e. The van der Waals surface area contributed by atoms with E-state index < -0.39 is 5.97 Å². The van der Waals surface area contributed by atoms with E-state index in [-0.39, 0.29) is 5.91 Å². The van der Waals surface area contributed by atoms with Gasteiger partial charge in [0.2, 0.25) is 0 Å². The van der Waals surface area contributed by atoms with Gasteiger partial charge < -0.3 is 9.30 Å². The van der Waals surface area contributed by atoms with E-state index in [1.54, 1.807) is 30.3 Å². The first kappa shape index (κ1) is 19.1. The number of methoxy groups -OCH3 is 1. The standard InChI is InChI=1S/C22H21N3O3/c1-15-10-11-16(2)25(15)20-9-5-7-18(13-20)21(26)24-23-14-17-6-4-8-19(12-17)22(27)28-3/h4-14H,1-3H3,(H,24,26)/b23-14+. The van der Waals surface area contributed by atoms with Crippen LogP contribution < -0.4 is 5.43 Å². The molecule has 0 spiro atoms. The molecule has 1 heterocycles. The number of rotatable bonds is 5. The van der Waals surface area contributed by atoms with Crippen molar-refractivity contribution in [2.45, 2.75) is 13.8 Å². The number of nitrogens with zero attached hydrogens (tertiary/aromatic N) is 2. The summed E-state index contributed by atoms with van der Waals surface area (Å²) in [5.41, 5.74) is 7.23. The summed E-state index contributed by atoms with van der Waals surface area (Å²) >= 11 is 0. The van der Waals surface area contributed by atoms with E-state index in [9.17, 15) is 9.59 Å². The molecule has 0 aliphatic carbocycles. The van der Waals surface area contributed by atoms with Crippen LogP contribution in [0, 0.1) is 13.8 Å². The largest absolute Gasteiger partial charge is 0.465 e. The van der Waals surface area contributed by atoms with Gasteiger partial charge in [0.1, 0.15) is 0 Å². The second-order valence-electron chi connectivity index (χ2n) is 6.32. The third kappa shape index (κ3) is 4.17. The predicted octanol–water partition coefficient (Wildman–Crippen LogP) is 3.64. The van der Waals surface area contributed by atoms with Crippen molar-refractivity contribution < 1.29 is 14.3 Å². The zero-order chi connectivity index (χ0) is 20.1. The first-order valence-corrected chi connectivity index (χ1v) is 8.77. The topological polar surface area (TPSA) is 72.7 Å². The molecule has 3 rings (SSSR count). The Morgan fingerprint density at radius 2 is 1.64 bits per heavy atom. The molecule has 3 aromatic rings. The molecule has 6 nitrogen and oxygen atoms in total. The Kier molecular flexibility index (Phi) is 5.69. The molecule has 0 saturated carbocycles. The van der Waals surface area contributed by atoms with Crippen molar-refractivity contribution in [2.75, 3.05) is 7.11 Å². The fourth-order valence-corrected chi connectivity index (χ4v) is 2.96. The first-order valence-electron chi connectivity index (χ1n) is 8.77. The van der Waals surface area contributed by atoms with Crippen molar-refractivity contribution in [1.82, 2.24) is 9.99 Å². The normalized spacial score (nSPS) is 10.8. The number of amides is 1. The maximum atomic E-state index is 12.4. The van der Waals surface area contributed by atoms with E-state index in [1.807, 2.05) is 44.2 Å². The van der Waals surface area contributed by atoms with Crippen LogP contribution in [0.25, 0.3) is 5.69 Å². The zero-order valence-electron chi connectivity index (χ0n) is 16.0. The van der Waals surface area contributed by atoms with Gasteiger partial charge in [0.25, 0.3) is 5.91 Å². The summed E-state index contributed by atoms with van der Waals surface area (Å²) < 4.78 is 6.78. The lowest BCUT2D eigenvalue weighted by atomic mass is 10.1. The molecule has 6 heteroatoms. The summed E-state index contributed by atoms with van der Waals surface area (Å²) in [7, 11) is 1.33. The highest BCUT2D eigenvalue weighted by Gasteiger charge is 2.09. The van der Waals surface area contributed by atoms with Gasteiger partial charge in [0, 0.05) is 22.6 Å². The summed E-state index contributed by atoms with van der Waals surface area (Å²) in [6.07, 6.45) is 1.48. The van der Waals surface area contributed by atoms with Crippen LogP contribution in [-0.4, -0.2) is 29.8 Å². The van der Waals surface area contributed by atoms with Gasteiger partial charge in [-0.1, -0.05) is 18.2 Å². The molecule has 0 radical (unpaired) electrons. The van der Waals surface area contributed by atoms with Crippen LogP contribution in [0.4, 0.5) is 0 Å². The van der Waals surface area contributed by atoms with Gasteiger partial charge in [-0.05, 0) is 61.9 Å². The zero-order valence-corrected chi connectivity index (χ0v) is 16.0. The predicted molar refractivity (Wildman–Crippen MR) is 108 cm³/mol. The van der Waals surface area contributed by atoms with Crippen molar-refractivity contribution >= 4 is 18.1 Å². The van der Waals surface area contributed by atoms with Gasteiger partial charge in [0.15, 0.2) is 0 Å². The highest BCUT2D eigenvalue weighted by Crippen LogP contribution is 2.17. The van der Waals surface area contributed by atoms with Crippen molar-refractivity contribution in [3.05, 3.63) is 88.7 Å². The Labute approximate surface area is 163 Å². The molecule has 0 saturated heterocycles. The molecule has 0 aliphatic rings. The lowest BCUT2D eigenvalue weighted by Gasteiger charge is -2.10. The third-order valence-electron chi connectivity index (χ3n) is 4.33. The van der Waals surface area contributed by atoms with Crippen LogP contribution >= 0.6 is 0 Å². The van der Waals surface area contributed by atoms with E-state index >= 15 is 0 Å². The average Bonchev–Trinajstić information content (AvgIpc) is 3.05. The minimum Gasteiger partial charge on any atom is -0.465 e.